The summed E-state index contributed by atoms with van der Waals surface area (Å²) in [5, 5.41) is 18.4. The lowest BCUT2D eigenvalue weighted by atomic mass is 10.3. The number of nitrogens with one attached hydrogen (secondary N) is 1. The number of hydrogen-bond acceptors (Lipinski definition) is 4. The van der Waals surface area contributed by atoms with E-state index in [4.69, 9.17) is 0 Å². The summed E-state index contributed by atoms with van der Waals surface area (Å²) in [4.78, 5) is 13.0. The number of hydrogen-bond donors (Lipinski definition) is 1. The maximum Gasteiger partial charge on any atom is 0.269 e. The number of nitro groups is 1. The first kappa shape index (κ1) is 11.0. The van der Waals surface area contributed by atoms with E-state index in [0.717, 1.165) is 5.69 Å². The van der Waals surface area contributed by atoms with E-state index in [-0.39, 0.29) is 5.69 Å². The number of aromatic amines is 1. The van der Waals surface area contributed by atoms with Gasteiger partial charge in [0.1, 0.15) is 6.54 Å². The minimum absolute atomic E-state index is 0.0494. The van der Waals surface area contributed by atoms with E-state index in [1.165, 1.54) is 12.1 Å². The molecule has 17 heavy (non-hydrogen) atoms. The van der Waals surface area contributed by atoms with Crippen molar-refractivity contribution in [1.29, 1.82) is 0 Å². The Morgan fingerprint density at radius 2 is 2.00 bits per heavy atom. The lowest BCUT2D eigenvalue weighted by molar-refractivity contribution is -0.384. The van der Waals surface area contributed by atoms with Crippen LogP contribution in [0.25, 0.3) is 0 Å². The Morgan fingerprint density at radius 1 is 1.24 bits per heavy atom. The zero-order valence-corrected chi connectivity index (χ0v) is 8.91. The molecule has 1 heterocycles. The third-order valence-electron chi connectivity index (χ3n) is 2.15. The number of nitrogens with zero attached hydrogens (tertiary/aromatic N) is 3. The molecule has 1 N–H and O–H groups in total. The Kier molecular flexibility index (Phi) is 3.25. The van der Waals surface area contributed by atoms with Crippen molar-refractivity contribution in [2.75, 3.05) is 0 Å². The topological polar surface area (TPSA) is 83.7 Å². The highest BCUT2D eigenvalue weighted by Gasteiger charge is 2.02. The molecule has 1 aromatic heterocycles. The summed E-state index contributed by atoms with van der Waals surface area (Å²) in [6.45, 7) is 0.462. The van der Waals surface area contributed by atoms with Crippen LogP contribution in [-0.2, 0) is 6.54 Å². The number of azo groups is 1. The Bertz CT molecular complexity index is 517. The van der Waals surface area contributed by atoms with Gasteiger partial charge >= 0.3 is 0 Å². The van der Waals surface area contributed by atoms with Crippen LogP contribution < -0.4 is 0 Å². The third-order valence-corrected chi connectivity index (χ3v) is 2.15. The van der Waals surface area contributed by atoms with Crippen molar-refractivity contribution in [3.05, 3.63) is 58.4 Å². The second kappa shape index (κ2) is 5.02. The van der Waals surface area contributed by atoms with Gasteiger partial charge in [-0.05, 0) is 24.3 Å². The van der Waals surface area contributed by atoms with Gasteiger partial charge in [0, 0.05) is 24.0 Å². The average molecular weight is 230 g/mol. The van der Waals surface area contributed by atoms with Crippen LogP contribution in [0, 0.1) is 10.1 Å². The fraction of sp³-hybridized carbons (Fsp3) is 0.0909. The van der Waals surface area contributed by atoms with Gasteiger partial charge in [0.2, 0.25) is 0 Å². The van der Waals surface area contributed by atoms with Crippen LogP contribution in [0.1, 0.15) is 5.69 Å². The molecule has 6 nitrogen and oxygen atoms in total. The number of H-pyrrole nitrogens is 1. The van der Waals surface area contributed by atoms with Gasteiger partial charge in [-0.1, -0.05) is 0 Å². The van der Waals surface area contributed by atoms with Crippen LogP contribution in [0.2, 0.25) is 0 Å². The maximum atomic E-state index is 10.4. The second-order valence-corrected chi connectivity index (χ2v) is 3.37. The second-order valence-electron chi connectivity index (χ2n) is 3.37. The molecule has 1 aromatic carbocycles. The molecule has 0 aliphatic heterocycles. The molecule has 0 unspecified atom stereocenters. The molecule has 2 rings (SSSR count). The van der Waals surface area contributed by atoms with Crippen LogP contribution in [0.15, 0.2) is 52.8 Å². The monoisotopic (exact) mass is 230 g/mol. The number of non-ortho nitro benzene ring substituents is 1. The van der Waals surface area contributed by atoms with E-state index in [1.807, 2.05) is 18.3 Å². The van der Waals surface area contributed by atoms with Crippen LogP contribution in [0.5, 0.6) is 0 Å². The molecule has 0 atom stereocenters. The first-order chi connectivity index (χ1) is 8.25. The summed E-state index contributed by atoms with van der Waals surface area (Å²) >= 11 is 0. The summed E-state index contributed by atoms with van der Waals surface area (Å²) in [6.07, 6.45) is 1.82. The normalized spacial score (nSPS) is 10.8. The first-order valence-corrected chi connectivity index (χ1v) is 5.00. The molecular weight excluding hydrogens is 220 g/mol. The number of rotatable bonds is 4. The Morgan fingerprint density at radius 3 is 2.59 bits per heavy atom. The highest BCUT2D eigenvalue weighted by Crippen LogP contribution is 2.18. The fourth-order valence-electron chi connectivity index (χ4n) is 1.30. The molecule has 86 valence electrons. The molecule has 0 bridgehead atoms. The Labute approximate surface area is 97.2 Å². The van der Waals surface area contributed by atoms with Gasteiger partial charge in [-0.3, -0.25) is 10.1 Å². The van der Waals surface area contributed by atoms with Gasteiger partial charge < -0.3 is 4.98 Å². The predicted octanol–water partition coefficient (Wildman–Crippen LogP) is 3.21. The van der Waals surface area contributed by atoms with E-state index >= 15 is 0 Å². The number of benzene rings is 1. The van der Waals surface area contributed by atoms with Gasteiger partial charge in [0.05, 0.1) is 10.6 Å². The molecule has 0 radical (unpaired) electrons. The SMILES string of the molecule is O=[N+]([O-])c1ccc(N=NCc2ccc[nH]2)cc1. The highest BCUT2D eigenvalue weighted by molar-refractivity contribution is 5.43. The van der Waals surface area contributed by atoms with Crippen LogP contribution in [0.3, 0.4) is 0 Å². The molecular formula is C11H10N4O2. The van der Waals surface area contributed by atoms with E-state index in [1.54, 1.807) is 12.1 Å². The molecule has 0 saturated heterocycles. The van der Waals surface area contributed by atoms with E-state index in [9.17, 15) is 10.1 Å². The van der Waals surface area contributed by atoms with Crippen molar-refractivity contribution < 1.29 is 4.92 Å². The van der Waals surface area contributed by atoms with Crippen LogP contribution in [-0.4, -0.2) is 9.91 Å². The molecule has 0 aliphatic carbocycles. The molecule has 0 saturated carbocycles. The molecule has 0 spiro atoms. The smallest absolute Gasteiger partial charge is 0.269 e. The summed E-state index contributed by atoms with van der Waals surface area (Å²) in [6, 6.07) is 9.74. The van der Waals surface area contributed by atoms with E-state index < -0.39 is 4.92 Å². The molecule has 2 aromatic rings. The molecule has 0 amide bonds. The molecule has 0 aliphatic rings. The average Bonchev–Trinajstić information content (AvgIpc) is 2.83. The van der Waals surface area contributed by atoms with Crippen molar-refractivity contribution >= 4 is 11.4 Å². The standard InChI is InChI=1S/C11H10N4O2/c16-15(17)11-5-3-9(4-6-11)14-13-8-10-2-1-7-12-10/h1-7,12H,8H2. The summed E-state index contributed by atoms with van der Waals surface area (Å²) < 4.78 is 0. The third kappa shape index (κ3) is 2.97. The summed E-state index contributed by atoms with van der Waals surface area (Å²) in [7, 11) is 0. The van der Waals surface area contributed by atoms with Crippen molar-refractivity contribution in [2.45, 2.75) is 6.54 Å². The zero-order chi connectivity index (χ0) is 12.1. The predicted molar refractivity (Wildman–Crippen MR) is 62.1 cm³/mol. The summed E-state index contributed by atoms with van der Waals surface area (Å²) in [5.41, 5.74) is 1.62. The quantitative estimate of drug-likeness (QED) is 0.497. The van der Waals surface area contributed by atoms with E-state index in [0.29, 0.717) is 12.2 Å². The van der Waals surface area contributed by atoms with Crippen molar-refractivity contribution in [3.63, 3.8) is 0 Å². The Balaban J connectivity index is 1.99. The van der Waals surface area contributed by atoms with Crippen molar-refractivity contribution in [3.8, 4) is 0 Å². The minimum Gasteiger partial charge on any atom is -0.363 e. The highest BCUT2D eigenvalue weighted by atomic mass is 16.6. The minimum atomic E-state index is -0.445. The first-order valence-electron chi connectivity index (χ1n) is 5.00. The largest absolute Gasteiger partial charge is 0.363 e. The molecule has 6 heteroatoms. The lowest BCUT2D eigenvalue weighted by Gasteiger charge is -1.93. The van der Waals surface area contributed by atoms with Gasteiger partial charge in [-0.2, -0.15) is 10.2 Å². The summed E-state index contributed by atoms with van der Waals surface area (Å²) in [5.74, 6) is 0. The van der Waals surface area contributed by atoms with Gasteiger partial charge in [-0.25, -0.2) is 0 Å². The fourth-order valence-corrected chi connectivity index (χ4v) is 1.30. The molecule has 0 fully saturated rings. The maximum absolute atomic E-state index is 10.4. The zero-order valence-electron chi connectivity index (χ0n) is 8.91. The van der Waals surface area contributed by atoms with Gasteiger partial charge in [0.15, 0.2) is 0 Å². The van der Waals surface area contributed by atoms with E-state index in [2.05, 4.69) is 15.2 Å². The Hall–Kier alpha value is -2.50. The van der Waals surface area contributed by atoms with Crippen molar-refractivity contribution in [2.24, 2.45) is 10.2 Å². The lowest BCUT2D eigenvalue weighted by Crippen LogP contribution is -1.85. The van der Waals surface area contributed by atoms with Crippen molar-refractivity contribution in [1.82, 2.24) is 4.98 Å². The van der Waals surface area contributed by atoms with Gasteiger partial charge in [0.25, 0.3) is 5.69 Å². The van der Waals surface area contributed by atoms with Crippen LogP contribution in [0.4, 0.5) is 11.4 Å². The van der Waals surface area contributed by atoms with Crippen LogP contribution >= 0.6 is 0 Å². The number of nitro benzene ring substituents is 1. The number of aromatic nitrogens is 1. The van der Waals surface area contributed by atoms with Gasteiger partial charge in [-0.15, -0.1) is 0 Å².